The molecular weight excluding hydrogens is 278 g/mol. The van der Waals surface area contributed by atoms with Gasteiger partial charge in [-0.05, 0) is 6.92 Å². The Morgan fingerprint density at radius 3 is 2.65 bits per heavy atom. The molecule has 0 aromatic carbocycles. The summed E-state index contributed by atoms with van der Waals surface area (Å²) in [6.45, 7) is 6.24. The van der Waals surface area contributed by atoms with Gasteiger partial charge in [-0.3, -0.25) is 4.79 Å². The highest BCUT2D eigenvalue weighted by atomic mass is 32.1. The molecule has 2 amide bonds. The summed E-state index contributed by atoms with van der Waals surface area (Å²) in [7, 11) is 1.59. The number of hydrogen-bond donors (Lipinski definition) is 2. The standard InChI is InChI=1S/C13H21N3O3S/c1-8(11-14-6-10(3)20-11)5-15-13(19)16(4)7-9(2)12(17)18/h6,8-9H,5,7H2,1-4H3,(H,15,19)(H,17,18). The molecule has 2 atom stereocenters. The molecular formula is C13H21N3O3S. The molecule has 1 rings (SSSR count). The summed E-state index contributed by atoms with van der Waals surface area (Å²) < 4.78 is 0. The average Bonchev–Trinajstić information content (AvgIpc) is 2.81. The molecule has 7 heteroatoms. The lowest BCUT2D eigenvalue weighted by Gasteiger charge is -2.21. The minimum atomic E-state index is -0.906. The van der Waals surface area contributed by atoms with Crippen molar-refractivity contribution in [2.75, 3.05) is 20.1 Å². The fourth-order valence-corrected chi connectivity index (χ4v) is 2.46. The van der Waals surface area contributed by atoms with E-state index in [9.17, 15) is 9.59 Å². The molecule has 0 aliphatic rings. The van der Waals surface area contributed by atoms with Crippen LogP contribution >= 0.6 is 11.3 Å². The van der Waals surface area contributed by atoms with Crippen LogP contribution in [0.25, 0.3) is 0 Å². The van der Waals surface area contributed by atoms with E-state index in [0.29, 0.717) is 6.54 Å². The van der Waals surface area contributed by atoms with E-state index in [-0.39, 0.29) is 18.5 Å². The maximum absolute atomic E-state index is 11.8. The van der Waals surface area contributed by atoms with Crippen LogP contribution in [-0.2, 0) is 4.79 Å². The largest absolute Gasteiger partial charge is 0.481 e. The lowest BCUT2D eigenvalue weighted by atomic mass is 10.2. The third-order valence-corrected chi connectivity index (χ3v) is 4.08. The van der Waals surface area contributed by atoms with Crippen molar-refractivity contribution in [3.8, 4) is 0 Å². The molecule has 1 aromatic rings. The number of carbonyl (C=O) groups excluding carboxylic acids is 1. The summed E-state index contributed by atoms with van der Waals surface area (Å²) in [5.74, 6) is -1.34. The molecule has 0 saturated heterocycles. The average molecular weight is 299 g/mol. The minimum absolute atomic E-state index is 0.142. The monoisotopic (exact) mass is 299 g/mol. The fourth-order valence-electron chi connectivity index (χ4n) is 1.63. The highest BCUT2D eigenvalue weighted by Gasteiger charge is 2.18. The van der Waals surface area contributed by atoms with Gasteiger partial charge in [0.15, 0.2) is 0 Å². The topological polar surface area (TPSA) is 82.5 Å². The number of hydrogen-bond acceptors (Lipinski definition) is 4. The van der Waals surface area contributed by atoms with E-state index in [1.165, 1.54) is 4.90 Å². The number of carboxylic acids is 1. The van der Waals surface area contributed by atoms with E-state index in [4.69, 9.17) is 5.11 Å². The normalized spacial score (nSPS) is 13.6. The third-order valence-electron chi connectivity index (χ3n) is 2.94. The molecule has 20 heavy (non-hydrogen) atoms. The molecule has 0 aliphatic heterocycles. The molecule has 2 unspecified atom stereocenters. The number of aromatic nitrogens is 1. The predicted molar refractivity (Wildman–Crippen MR) is 78.1 cm³/mol. The van der Waals surface area contributed by atoms with E-state index in [1.807, 2.05) is 20.0 Å². The van der Waals surface area contributed by atoms with E-state index in [2.05, 4.69) is 10.3 Å². The number of rotatable bonds is 6. The zero-order valence-electron chi connectivity index (χ0n) is 12.2. The second-order valence-corrected chi connectivity index (χ2v) is 6.28. The first-order valence-corrected chi connectivity index (χ1v) is 7.27. The molecule has 0 spiro atoms. The second-order valence-electron chi connectivity index (χ2n) is 5.02. The summed E-state index contributed by atoms with van der Waals surface area (Å²) in [4.78, 5) is 29.4. The second kappa shape index (κ2) is 7.23. The van der Waals surface area contributed by atoms with Crippen LogP contribution in [0.2, 0.25) is 0 Å². The van der Waals surface area contributed by atoms with Crippen LogP contribution in [0.15, 0.2) is 6.20 Å². The molecule has 0 bridgehead atoms. The van der Waals surface area contributed by atoms with Gasteiger partial charge in [0, 0.05) is 37.1 Å². The Bertz CT molecular complexity index is 475. The first-order valence-electron chi connectivity index (χ1n) is 6.45. The number of thiazole rings is 1. The first-order chi connectivity index (χ1) is 9.31. The lowest BCUT2D eigenvalue weighted by molar-refractivity contribution is -0.141. The predicted octanol–water partition coefficient (Wildman–Crippen LogP) is 1.92. The first kappa shape index (κ1) is 16.4. The van der Waals surface area contributed by atoms with Crippen LogP contribution in [0.3, 0.4) is 0 Å². The maximum atomic E-state index is 11.8. The highest BCUT2D eigenvalue weighted by molar-refractivity contribution is 7.11. The van der Waals surface area contributed by atoms with Crippen molar-refractivity contribution < 1.29 is 14.7 Å². The Morgan fingerprint density at radius 2 is 2.15 bits per heavy atom. The molecule has 0 fully saturated rings. The van der Waals surface area contributed by atoms with Gasteiger partial charge in [0.1, 0.15) is 0 Å². The summed E-state index contributed by atoms with van der Waals surface area (Å²) in [5, 5.41) is 12.6. The number of aryl methyl sites for hydroxylation is 1. The van der Waals surface area contributed by atoms with Crippen molar-refractivity contribution in [1.29, 1.82) is 0 Å². The Hall–Kier alpha value is -1.63. The number of amides is 2. The molecule has 1 aromatic heterocycles. The maximum Gasteiger partial charge on any atom is 0.317 e. The van der Waals surface area contributed by atoms with E-state index < -0.39 is 11.9 Å². The Kier molecular flexibility index (Phi) is 5.94. The Balaban J connectivity index is 2.40. The van der Waals surface area contributed by atoms with E-state index >= 15 is 0 Å². The van der Waals surface area contributed by atoms with Gasteiger partial charge in [0.05, 0.1) is 10.9 Å². The zero-order valence-corrected chi connectivity index (χ0v) is 13.0. The van der Waals surface area contributed by atoms with Gasteiger partial charge in [-0.1, -0.05) is 13.8 Å². The van der Waals surface area contributed by atoms with Gasteiger partial charge in [-0.15, -0.1) is 11.3 Å². The Labute approximate surface area is 122 Å². The summed E-state index contributed by atoms with van der Waals surface area (Å²) in [5.41, 5.74) is 0. The minimum Gasteiger partial charge on any atom is -0.481 e. The number of aliphatic carboxylic acids is 1. The van der Waals surface area contributed by atoms with Gasteiger partial charge in [0.2, 0.25) is 0 Å². The molecule has 2 N–H and O–H groups in total. The van der Waals surface area contributed by atoms with Gasteiger partial charge >= 0.3 is 12.0 Å². The van der Waals surface area contributed by atoms with Crippen molar-refractivity contribution in [2.24, 2.45) is 5.92 Å². The van der Waals surface area contributed by atoms with Crippen LogP contribution in [0.4, 0.5) is 4.79 Å². The number of carboxylic acid groups (broad SMARTS) is 1. The van der Waals surface area contributed by atoms with Crippen molar-refractivity contribution in [3.63, 3.8) is 0 Å². The molecule has 0 aliphatic carbocycles. The van der Waals surface area contributed by atoms with E-state index in [0.717, 1.165) is 9.88 Å². The number of nitrogens with zero attached hydrogens (tertiary/aromatic N) is 2. The molecule has 0 saturated carbocycles. The summed E-state index contributed by atoms with van der Waals surface area (Å²) in [6.07, 6.45) is 1.82. The Morgan fingerprint density at radius 1 is 1.50 bits per heavy atom. The summed E-state index contributed by atoms with van der Waals surface area (Å²) in [6, 6.07) is -0.266. The van der Waals surface area contributed by atoms with Crippen LogP contribution in [0.1, 0.15) is 29.7 Å². The van der Waals surface area contributed by atoms with Gasteiger partial charge in [0.25, 0.3) is 0 Å². The molecule has 1 heterocycles. The SMILES string of the molecule is Cc1cnc(C(C)CNC(=O)N(C)CC(C)C(=O)O)s1. The van der Waals surface area contributed by atoms with Crippen LogP contribution in [0, 0.1) is 12.8 Å². The highest BCUT2D eigenvalue weighted by Crippen LogP contribution is 2.20. The number of carbonyl (C=O) groups is 2. The zero-order chi connectivity index (χ0) is 15.3. The van der Waals surface area contributed by atoms with Crippen molar-refractivity contribution in [2.45, 2.75) is 26.7 Å². The molecule has 0 radical (unpaired) electrons. The fraction of sp³-hybridized carbons (Fsp3) is 0.615. The number of nitrogens with one attached hydrogen (secondary N) is 1. The smallest absolute Gasteiger partial charge is 0.317 e. The van der Waals surface area contributed by atoms with Crippen LogP contribution in [-0.4, -0.2) is 47.1 Å². The lowest BCUT2D eigenvalue weighted by Crippen LogP contribution is -2.41. The van der Waals surface area contributed by atoms with Crippen molar-refractivity contribution in [1.82, 2.24) is 15.2 Å². The van der Waals surface area contributed by atoms with Crippen LogP contribution in [0.5, 0.6) is 0 Å². The third kappa shape index (κ3) is 4.80. The van der Waals surface area contributed by atoms with Crippen molar-refractivity contribution >= 4 is 23.3 Å². The number of urea groups is 1. The van der Waals surface area contributed by atoms with Gasteiger partial charge in [-0.2, -0.15) is 0 Å². The van der Waals surface area contributed by atoms with E-state index in [1.54, 1.807) is 25.3 Å². The molecule has 112 valence electrons. The van der Waals surface area contributed by atoms with Crippen molar-refractivity contribution in [3.05, 3.63) is 16.1 Å². The summed E-state index contributed by atoms with van der Waals surface area (Å²) >= 11 is 1.62. The molecule has 6 nitrogen and oxygen atoms in total. The quantitative estimate of drug-likeness (QED) is 0.840. The van der Waals surface area contributed by atoms with Gasteiger partial charge in [-0.25, -0.2) is 9.78 Å². The van der Waals surface area contributed by atoms with Crippen LogP contribution < -0.4 is 5.32 Å². The van der Waals surface area contributed by atoms with Gasteiger partial charge < -0.3 is 15.3 Å².